The number of benzene rings is 4. The van der Waals surface area contributed by atoms with Crippen molar-refractivity contribution in [3.8, 4) is 45.6 Å². The van der Waals surface area contributed by atoms with Crippen molar-refractivity contribution in [3.05, 3.63) is 68.2 Å². The third-order valence-electron chi connectivity index (χ3n) is 7.33. The van der Waals surface area contributed by atoms with Gasteiger partial charge in [-0.3, -0.25) is 4.79 Å². The summed E-state index contributed by atoms with van der Waals surface area (Å²) in [7, 11) is 2.87. The Hall–Kier alpha value is -3.81. The van der Waals surface area contributed by atoms with E-state index in [0.717, 1.165) is 0 Å². The lowest BCUT2D eigenvalue weighted by atomic mass is 9.67. The Morgan fingerprint density at radius 3 is 2.00 bits per heavy atom. The van der Waals surface area contributed by atoms with Crippen LogP contribution in [0.15, 0.2) is 30.3 Å². The Morgan fingerprint density at radius 2 is 1.39 bits per heavy atom. The maximum atomic E-state index is 13.9. The van der Waals surface area contributed by atoms with Gasteiger partial charge >= 0.3 is 0 Å². The SMILES string of the molecule is COc1cc(C)c(-c2cc(O)c(Cl)c3cc4c(c(O)c23)C(=O)c2c(cc(OC)c(Cl)c2O)C4(C)C)c(O)c1. The largest absolute Gasteiger partial charge is 0.507 e. The Kier molecular flexibility index (Phi) is 5.85. The zero-order chi connectivity index (χ0) is 27.8. The van der Waals surface area contributed by atoms with E-state index in [2.05, 4.69) is 0 Å². The number of phenolic OH excluding ortho intramolecular Hbond substituents is 4. The number of methoxy groups -OCH3 is 2. The molecule has 1 aliphatic carbocycles. The van der Waals surface area contributed by atoms with Crippen LogP contribution in [0.5, 0.6) is 34.5 Å². The molecule has 1 aliphatic rings. The highest BCUT2D eigenvalue weighted by molar-refractivity contribution is 6.38. The fourth-order valence-corrected chi connectivity index (χ4v) is 5.84. The number of hydrogen-bond donors (Lipinski definition) is 4. The number of aryl methyl sites for hydroxylation is 1. The standard InChI is InChI=1S/C29H24Cl2O7/c1-11-6-12(37-4)7-17(32)20(11)13-9-18(33)24(30)14-8-15-22(26(34)21(13)14)27(35)23-16(29(15,2)3)10-19(38-5)25(31)28(23)36/h6-10,32-34,36H,1-5H3. The lowest BCUT2D eigenvalue weighted by molar-refractivity contribution is 0.102. The second kappa shape index (κ2) is 8.61. The molecule has 38 heavy (non-hydrogen) atoms. The van der Waals surface area contributed by atoms with E-state index in [-0.39, 0.29) is 54.8 Å². The minimum Gasteiger partial charge on any atom is -0.507 e. The quantitative estimate of drug-likeness (QED) is 0.219. The summed E-state index contributed by atoms with van der Waals surface area (Å²) in [5.41, 5.74) is 1.04. The summed E-state index contributed by atoms with van der Waals surface area (Å²) in [6, 6.07) is 7.67. The maximum absolute atomic E-state index is 13.9. The molecule has 5 rings (SSSR count). The van der Waals surface area contributed by atoms with Gasteiger partial charge in [0, 0.05) is 33.4 Å². The van der Waals surface area contributed by atoms with E-state index in [1.807, 2.05) is 13.8 Å². The lowest BCUT2D eigenvalue weighted by Crippen LogP contribution is -2.31. The zero-order valence-corrected chi connectivity index (χ0v) is 22.7. The van der Waals surface area contributed by atoms with Gasteiger partial charge in [-0.25, -0.2) is 0 Å². The lowest BCUT2D eigenvalue weighted by Gasteiger charge is -2.36. The predicted molar refractivity (Wildman–Crippen MR) is 146 cm³/mol. The number of halogens is 2. The van der Waals surface area contributed by atoms with E-state index in [1.54, 1.807) is 25.1 Å². The summed E-state index contributed by atoms with van der Waals surface area (Å²) >= 11 is 12.8. The third kappa shape index (κ3) is 3.38. The fourth-order valence-electron chi connectivity index (χ4n) is 5.41. The molecule has 4 N–H and O–H groups in total. The van der Waals surface area contributed by atoms with Gasteiger partial charge in [-0.05, 0) is 47.9 Å². The van der Waals surface area contributed by atoms with Crippen LogP contribution >= 0.6 is 23.2 Å². The van der Waals surface area contributed by atoms with Crippen LogP contribution in [-0.2, 0) is 5.41 Å². The first-order valence-electron chi connectivity index (χ1n) is 11.6. The fraction of sp³-hybridized carbons (Fsp3) is 0.207. The number of carbonyl (C=O) groups excluding carboxylic acids is 1. The van der Waals surface area contributed by atoms with Crippen molar-refractivity contribution in [2.24, 2.45) is 0 Å². The Labute approximate surface area is 228 Å². The maximum Gasteiger partial charge on any atom is 0.201 e. The van der Waals surface area contributed by atoms with E-state index in [4.69, 9.17) is 32.7 Å². The van der Waals surface area contributed by atoms with E-state index in [0.29, 0.717) is 28.0 Å². The van der Waals surface area contributed by atoms with E-state index >= 15 is 0 Å². The van der Waals surface area contributed by atoms with Gasteiger partial charge in [-0.15, -0.1) is 0 Å². The van der Waals surface area contributed by atoms with Crippen LogP contribution in [-0.4, -0.2) is 40.4 Å². The molecule has 0 heterocycles. The Bertz CT molecular complexity index is 1680. The first kappa shape index (κ1) is 25.8. The molecule has 0 fully saturated rings. The van der Waals surface area contributed by atoms with Gasteiger partial charge < -0.3 is 29.9 Å². The number of carbonyl (C=O) groups is 1. The average molecular weight is 555 g/mol. The molecule has 0 saturated heterocycles. The van der Waals surface area contributed by atoms with Crippen molar-refractivity contribution in [2.75, 3.05) is 14.2 Å². The smallest absolute Gasteiger partial charge is 0.201 e. The van der Waals surface area contributed by atoms with Crippen molar-refractivity contribution in [1.82, 2.24) is 0 Å². The Morgan fingerprint density at radius 1 is 0.763 bits per heavy atom. The first-order chi connectivity index (χ1) is 17.8. The van der Waals surface area contributed by atoms with Crippen LogP contribution in [0.3, 0.4) is 0 Å². The molecule has 0 bridgehead atoms. The molecule has 4 aromatic rings. The predicted octanol–water partition coefficient (Wildman–Crippen LogP) is 6.83. The molecule has 0 spiro atoms. The summed E-state index contributed by atoms with van der Waals surface area (Å²) in [4.78, 5) is 13.9. The third-order valence-corrected chi connectivity index (χ3v) is 8.09. The van der Waals surface area contributed by atoms with Crippen molar-refractivity contribution >= 4 is 39.8 Å². The van der Waals surface area contributed by atoms with Gasteiger partial charge in [0.1, 0.15) is 39.5 Å². The number of fused-ring (bicyclic) bond motifs is 3. The van der Waals surface area contributed by atoms with Crippen LogP contribution in [0.4, 0.5) is 0 Å². The molecule has 4 aromatic carbocycles. The molecular formula is C29H24Cl2O7. The van der Waals surface area contributed by atoms with Crippen molar-refractivity contribution < 1.29 is 34.7 Å². The van der Waals surface area contributed by atoms with Crippen molar-refractivity contribution in [2.45, 2.75) is 26.2 Å². The molecule has 0 aliphatic heterocycles. The van der Waals surface area contributed by atoms with Crippen LogP contribution in [0.2, 0.25) is 10.0 Å². The van der Waals surface area contributed by atoms with Crippen molar-refractivity contribution in [1.29, 1.82) is 0 Å². The molecule has 0 unspecified atom stereocenters. The second-order valence-electron chi connectivity index (χ2n) is 9.78. The number of hydrogen-bond acceptors (Lipinski definition) is 7. The molecule has 196 valence electrons. The van der Waals surface area contributed by atoms with Gasteiger partial charge in [-0.2, -0.15) is 0 Å². The molecule has 0 amide bonds. The summed E-state index contributed by atoms with van der Waals surface area (Å²) in [6.07, 6.45) is 0. The van der Waals surface area contributed by atoms with Gasteiger partial charge in [0.2, 0.25) is 5.78 Å². The van der Waals surface area contributed by atoms with E-state index in [9.17, 15) is 25.2 Å². The summed E-state index contributed by atoms with van der Waals surface area (Å²) in [5, 5.41) is 44.6. The van der Waals surface area contributed by atoms with Crippen LogP contribution in [0.1, 0.15) is 46.5 Å². The number of ether oxygens (including phenoxy) is 2. The van der Waals surface area contributed by atoms with Gasteiger partial charge in [-0.1, -0.05) is 37.0 Å². The highest BCUT2D eigenvalue weighted by Crippen LogP contribution is 2.55. The highest BCUT2D eigenvalue weighted by Gasteiger charge is 2.43. The Balaban J connectivity index is 1.93. The normalized spacial score (nSPS) is 13.8. The molecule has 0 saturated carbocycles. The molecule has 0 aromatic heterocycles. The summed E-state index contributed by atoms with van der Waals surface area (Å²) in [6.45, 7) is 5.39. The topological polar surface area (TPSA) is 116 Å². The number of ketones is 1. The summed E-state index contributed by atoms with van der Waals surface area (Å²) in [5.74, 6) is -1.30. The molecule has 0 atom stereocenters. The van der Waals surface area contributed by atoms with E-state index < -0.39 is 22.7 Å². The summed E-state index contributed by atoms with van der Waals surface area (Å²) < 4.78 is 10.5. The number of aromatic hydroxyl groups is 4. The molecule has 9 heteroatoms. The monoisotopic (exact) mass is 554 g/mol. The van der Waals surface area contributed by atoms with Gasteiger partial charge in [0.25, 0.3) is 0 Å². The molecule has 7 nitrogen and oxygen atoms in total. The average Bonchev–Trinajstić information content (AvgIpc) is 2.86. The van der Waals surface area contributed by atoms with Gasteiger partial charge in [0.05, 0.1) is 30.4 Å². The van der Waals surface area contributed by atoms with Gasteiger partial charge in [0.15, 0.2) is 0 Å². The number of rotatable bonds is 3. The first-order valence-corrected chi connectivity index (χ1v) is 12.3. The van der Waals surface area contributed by atoms with Crippen LogP contribution < -0.4 is 9.47 Å². The molecular weight excluding hydrogens is 531 g/mol. The van der Waals surface area contributed by atoms with Crippen LogP contribution in [0, 0.1) is 6.92 Å². The zero-order valence-electron chi connectivity index (χ0n) is 21.2. The van der Waals surface area contributed by atoms with Crippen molar-refractivity contribution in [3.63, 3.8) is 0 Å². The second-order valence-corrected chi connectivity index (χ2v) is 10.5. The minimum atomic E-state index is -0.924. The highest BCUT2D eigenvalue weighted by atomic mass is 35.5. The van der Waals surface area contributed by atoms with E-state index in [1.165, 1.54) is 26.4 Å². The molecule has 0 radical (unpaired) electrons. The minimum absolute atomic E-state index is 0.0296. The number of phenols is 4. The van der Waals surface area contributed by atoms with Crippen LogP contribution in [0.25, 0.3) is 21.9 Å².